The molecule has 170 valence electrons. The van der Waals surface area contributed by atoms with Gasteiger partial charge in [0, 0.05) is 21.6 Å². The van der Waals surface area contributed by atoms with E-state index >= 15 is 0 Å². The number of thioether (sulfide) groups is 1. The van der Waals surface area contributed by atoms with Crippen molar-refractivity contribution in [2.24, 2.45) is 0 Å². The van der Waals surface area contributed by atoms with E-state index in [1.54, 1.807) is 34.4 Å². The van der Waals surface area contributed by atoms with Crippen LogP contribution in [0.1, 0.15) is 34.5 Å². The zero-order valence-electron chi connectivity index (χ0n) is 18.6. The molecule has 0 bridgehead atoms. The van der Waals surface area contributed by atoms with Gasteiger partial charge < -0.3 is 0 Å². The van der Waals surface area contributed by atoms with Gasteiger partial charge in [0.2, 0.25) is 0 Å². The third kappa shape index (κ3) is 4.24. The Balaban J connectivity index is 1.36. The van der Waals surface area contributed by atoms with Gasteiger partial charge in [-0.15, -0.1) is 22.7 Å². The number of nitrogens with zero attached hydrogens (tertiary/aromatic N) is 3. The van der Waals surface area contributed by atoms with Crippen LogP contribution >= 0.6 is 34.4 Å². The van der Waals surface area contributed by atoms with E-state index in [2.05, 4.69) is 29.6 Å². The second kappa shape index (κ2) is 9.49. The van der Waals surface area contributed by atoms with E-state index in [0.717, 1.165) is 56.5 Å². The van der Waals surface area contributed by atoms with Gasteiger partial charge in [0.15, 0.2) is 5.16 Å². The van der Waals surface area contributed by atoms with Gasteiger partial charge in [0.05, 0.1) is 17.6 Å². The minimum Gasteiger partial charge on any atom is -0.283 e. The summed E-state index contributed by atoms with van der Waals surface area (Å²) in [7, 11) is 0. The predicted molar refractivity (Wildman–Crippen MR) is 143 cm³/mol. The lowest BCUT2D eigenvalue weighted by Gasteiger charge is -2.13. The third-order valence-corrected chi connectivity index (χ3v) is 9.28. The summed E-state index contributed by atoms with van der Waals surface area (Å²) in [6.45, 7) is 0.530. The van der Waals surface area contributed by atoms with E-state index in [1.165, 1.54) is 16.9 Å². The highest BCUT2D eigenvalue weighted by atomic mass is 32.2. The maximum absolute atomic E-state index is 13.8. The molecule has 0 atom stereocenters. The largest absolute Gasteiger partial charge is 0.283 e. The Bertz CT molecular complexity index is 1500. The monoisotopic (exact) mass is 501 g/mol. The minimum absolute atomic E-state index is 0.0963. The Morgan fingerprint density at radius 2 is 1.71 bits per heavy atom. The highest BCUT2D eigenvalue weighted by molar-refractivity contribution is 7.98. The molecule has 0 saturated carbocycles. The zero-order valence-corrected chi connectivity index (χ0v) is 21.0. The van der Waals surface area contributed by atoms with Gasteiger partial charge in [0.25, 0.3) is 5.56 Å². The predicted octanol–water partition coefficient (Wildman–Crippen LogP) is 6.80. The van der Waals surface area contributed by atoms with Gasteiger partial charge in [-0.2, -0.15) is 0 Å². The van der Waals surface area contributed by atoms with Crippen LogP contribution in [0.5, 0.6) is 0 Å². The smallest absolute Gasteiger partial charge is 0.263 e. The molecular weight excluding hydrogens is 479 g/mol. The quantitative estimate of drug-likeness (QED) is 0.190. The molecule has 0 unspecified atom stereocenters. The number of hydrogen-bond acceptors (Lipinski definition) is 6. The number of benzene rings is 2. The van der Waals surface area contributed by atoms with Crippen LogP contribution in [-0.2, 0) is 25.1 Å². The minimum atomic E-state index is 0.0963. The zero-order chi connectivity index (χ0) is 22.9. The van der Waals surface area contributed by atoms with Gasteiger partial charge >= 0.3 is 0 Å². The van der Waals surface area contributed by atoms with Crippen molar-refractivity contribution in [3.63, 3.8) is 0 Å². The average molecular weight is 502 g/mol. The number of thiophene rings is 1. The fourth-order valence-electron chi connectivity index (χ4n) is 4.46. The second-order valence-corrected chi connectivity index (χ2v) is 11.3. The lowest BCUT2D eigenvalue weighted by Crippen LogP contribution is -2.24. The molecule has 0 radical (unpaired) electrons. The molecule has 0 N–H and O–H groups in total. The van der Waals surface area contributed by atoms with E-state index in [4.69, 9.17) is 9.97 Å². The summed E-state index contributed by atoms with van der Waals surface area (Å²) in [4.78, 5) is 25.9. The van der Waals surface area contributed by atoms with Crippen LogP contribution in [0.2, 0.25) is 0 Å². The molecule has 0 aliphatic heterocycles. The maximum Gasteiger partial charge on any atom is 0.263 e. The average Bonchev–Trinajstić information content (AvgIpc) is 3.50. The van der Waals surface area contributed by atoms with Crippen LogP contribution in [0.25, 0.3) is 20.8 Å². The first-order valence-electron chi connectivity index (χ1n) is 11.5. The van der Waals surface area contributed by atoms with Gasteiger partial charge in [0.1, 0.15) is 9.84 Å². The van der Waals surface area contributed by atoms with Gasteiger partial charge in [-0.05, 0) is 36.8 Å². The lowest BCUT2D eigenvalue weighted by molar-refractivity contribution is 0.656. The summed E-state index contributed by atoms with van der Waals surface area (Å²) >= 11 is 4.98. The van der Waals surface area contributed by atoms with Crippen LogP contribution in [-0.4, -0.2) is 14.5 Å². The molecule has 5 aromatic rings. The van der Waals surface area contributed by atoms with Gasteiger partial charge in [-0.3, -0.25) is 9.36 Å². The van der Waals surface area contributed by atoms with E-state index < -0.39 is 0 Å². The summed E-state index contributed by atoms with van der Waals surface area (Å²) in [5.41, 5.74) is 4.60. The molecule has 0 amide bonds. The van der Waals surface area contributed by atoms with E-state index in [1.807, 2.05) is 41.0 Å². The molecule has 0 saturated heterocycles. The number of aromatic nitrogens is 3. The van der Waals surface area contributed by atoms with Crippen molar-refractivity contribution in [3.8, 4) is 10.6 Å². The number of aryl methyl sites for hydroxylation is 2. The third-order valence-electron chi connectivity index (χ3n) is 6.14. The SMILES string of the molecule is O=c1c2c3c(sc2nc(SCc2csc(-c4ccccc4)n2)n1Cc1ccccc1)CCCC3. The Morgan fingerprint density at radius 3 is 2.53 bits per heavy atom. The van der Waals surface area contributed by atoms with E-state index in [-0.39, 0.29) is 5.56 Å². The molecule has 1 aliphatic rings. The summed E-state index contributed by atoms with van der Waals surface area (Å²) < 4.78 is 1.87. The molecule has 4 nitrogen and oxygen atoms in total. The Labute approximate surface area is 210 Å². The Morgan fingerprint density at radius 1 is 0.941 bits per heavy atom. The molecule has 1 aliphatic carbocycles. The summed E-state index contributed by atoms with van der Waals surface area (Å²) in [5.74, 6) is 0.682. The van der Waals surface area contributed by atoms with Crippen LogP contribution in [0.3, 0.4) is 0 Å². The van der Waals surface area contributed by atoms with Crippen LogP contribution in [0.15, 0.2) is 76.0 Å². The highest BCUT2D eigenvalue weighted by Gasteiger charge is 2.22. The Hall–Kier alpha value is -2.74. The topological polar surface area (TPSA) is 47.8 Å². The van der Waals surface area contributed by atoms with Crippen LogP contribution in [0, 0.1) is 0 Å². The normalized spacial score (nSPS) is 13.3. The van der Waals surface area contributed by atoms with Gasteiger partial charge in [-0.25, -0.2) is 9.97 Å². The summed E-state index contributed by atoms with van der Waals surface area (Å²) in [6.07, 6.45) is 4.41. The number of hydrogen-bond donors (Lipinski definition) is 0. The number of rotatable bonds is 6. The van der Waals surface area contributed by atoms with Crippen molar-refractivity contribution >= 4 is 44.7 Å². The first kappa shape index (κ1) is 21.8. The van der Waals surface area contributed by atoms with Crippen molar-refractivity contribution in [1.82, 2.24) is 14.5 Å². The molecule has 0 spiro atoms. The first-order valence-corrected chi connectivity index (χ1v) is 14.2. The molecule has 34 heavy (non-hydrogen) atoms. The summed E-state index contributed by atoms with van der Waals surface area (Å²) in [5, 5.41) is 4.75. The highest BCUT2D eigenvalue weighted by Crippen LogP contribution is 2.35. The molecule has 0 fully saturated rings. The fourth-order valence-corrected chi connectivity index (χ4v) is 7.59. The Kier molecular flexibility index (Phi) is 6.07. The summed E-state index contributed by atoms with van der Waals surface area (Å²) in [6, 6.07) is 20.4. The number of fused-ring (bicyclic) bond motifs is 3. The second-order valence-electron chi connectivity index (χ2n) is 8.46. The lowest BCUT2D eigenvalue weighted by atomic mass is 9.97. The van der Waals surface area contributed by atoms with E-state index in [9.17, 15) is 4.79 Å². The molecule has 2 aromatic carbocycles. The maximum atomic E-state index is 13.8. The van der Waals surface area contributed by atoms with Crippen molar-refractivity contribution in [2.45, 2.75) is 43.1 Å². The molecule has 7 heteroatoms. The standard InChI is InChI=1S/C27H23N3OS3/c31-26-23-21-13-7-8-14-22(21)34-25(23)29-27(30(26)15-18-9-3-1-4-10-18)33-17-20-16-32-24(28-20)19-11-5-2-6-12-19/h1-6,9-12,16H,7-8,13-15,17H2. The molecular formula is C27H23N3OS3. The van der Waals surface area contributed by atoms with Crippen molar-refractivity contribution in [1.29, 1.82) is 0 Å². The van der Waals surface area contributed by atoms with Crippen molar-refractivity contribution < 1.29 is 0 Å². The van der Waals surface area contributed by atoms with Crippen LogP contribution < -0.4 is 5.56 Å². The van der Waals surface area contributed by atoms with Crippen LogP contribution in [0.4, 0.5) is 0 Å². The molecule has 3 heterocycles. The van der Waals surface area contributed by atoms with Gasteiger partial charge in [-0.1, -0.05) is 72.4 Å². The molecule has 3 aromatic heterocycles. The fraction of sp³-hybridized carbons (Fsp3) is 0.222. The van der Waals surface area contributed by atoms with Crippen molar-refractivity contribution in [2.75, 3.05) is 0 Å². The molecule has 6 rings (SSSR count). The first-order chi connectivity index (χ1) is 16.8. The number of thiazole rings is 1. The van der Waals surface area contributed by atoms with Crippen molar-refractivity contribution in [3.05, 3.63) is 98.1 Å². The van der Waals surface area contributed by atoms with E-state index in [0.29, 0.717) is 12.3 Å².